The lowest BCUT2D eigenvalue weighted by atomic mass is 9.80. The highest BCUT2D eigenvalue weighted by molar-refractivity contribution is 7.49. The number of H-pyrrole nitrogens is 1. The number of para-hydroxylation sites is 1. The van der Waals surface area contributed by atoms with Gasteiger partial charge in [0.1, 0.15) is 53.8 Å². The summed E-state index contributed by atoms with van der Waals surface area (Å²) < 4.78 is 68.8. The fourth-order valence-corrected chi connectivity index (χ4v) is 10.9. The summed E-state index contributed by atoms with van der Waals surface area (Å²) in [4.78, 5) is 54.6. The molecule has 5 aromatic carbocycles. The van der Waals surface area contributed by atoms with Gasteiger partial charge in [-0.1, -0.05) is 96.5 Å². The maximum Gasteiger partial charge on any atom is 0.530 e. The SMILES string of the molecule is COc1ccc(C(OC[C@H]2O[C@@H](n3cc(C)c(=O)[nH]c3=O)C[C@@H]2OP(=O)(OC[C@H]2CC[C@H](n3cnc4c(NC(=O)c5ccccc5)ncnc43)O2)Oc2ccccc2Cl)(c2ccccc2)c2ccc(OC)cc2)cc1. The number of ether oxygens (including phenoxy) is 5. The van der Waals surface area contributed by atoms with Crippen LogP contribution in [0.3, 0.4) is 0 Å². The number of hydrogen-bond acceptors (Lipinski definition) is 15. The molecule has 2 saturated heterocycles. The Bertz CT molecular complexity index is 3410. The molecular formula is C54H51ClN7O12P. The smallest absolute Gasteiger partial charge is 0.497 e. The van der Waals surface area contributed by atoms with Crippen molar-refractivity contribution >= 4 is 42.3 Å². The summed E-state index contributed by atoms with van der Waals surface area (Å²) in [7, 11) is -1.55. The zero-order valence-electron chi connectivity index (χ0n) is 40.8. The molecule has 0 radical (unpaired) electrons. The van der Waals surface area contributed by atoms with Crippen LogP contribution in [-0.2, 0) is 33.4 Å². The number of rotatable bonds is 19. The van der Waals surface area contributed by atoms with Crippen molar-refractivity contribution in [2.24, 2.45) is 0 Å². The molecule has 8 aromatic rings. The molecule has 2 N–H and O–H groups in total. The summed E-state index contributed by atoms with van der Waals surface area (Å²) in [5.74, 6) is 1.15. The Hall–Kier alpha value is -7.48. The number of amides is 1. The van der Waals surface area contributed by atoms with Gasteiger partial charge in [-0.3, -0.25) is 32.8 Å². The van der Waals surface area contributed by atoms with E-state index >= 15 is 4.57 Å². The molecule has 1 unspecified atom stereocenters. The first kappa shape index (κ1) is 51.0. The van der Waals surface area contributed by atoms with E-state index in [4.69, 9.17) is 48.9 Å². The monoisotopic (exact) mass is 1060 g/mol. The predicted octanol–water partition coefficient (Wildman–Crippen LogP) is 9.17. The number of carbonyl (C=O) groups excluding carboxylic acids is 1. The molecule has 6 atom stereocenters. The van der Waals surface area contributed by atoms with Crippen LogP contribution in [0.5, 0.6) is 17.2 Å². The number of phosphoric acid groups is 1. The molecule has 0 saturated carbocycles. The molecule has 5 heterocycles. The third-order valence-electron chi connectivity index (χ3n) is 13.0. The minimum atomic E-state index is -4.73. The van der Waals surface area contributed by atoms with Crippen molar-refractivity contribution in [1.82, 2.24) is 29.1 Å². The quantitative estimate of drug-likeness (QED) is 0.0570. The fraction of sp³-hybridized carbons (Fsp3) is 0.259. The minimum Gasteiger partial charge on any atom is -0.497 e. The summed E-state index contributed by atoms with van der Waals surface area (Å²) in [6, 6.07) is 39.8. The third-order valence-corrected chi connectivity index (χ3v) is 14.8. The largest absolute Gasteiger partial charge is 0.530 e. The topological polar surface area (TPSA) is 218 Å². The molecule has 0 aliphatic carbocycles. The Balaban J connectivity index is 0.953. The normalized spacial score (nSPS) is 19.4. The van der Waals surface area contributed by atoms with E-state index in [2.05, 4.69) is 25.3 Å². The number of benzene rings is 5. The van der Waals surface area contributed by atoms with Crippen molar-refractivity contribution in [3.8, 4) is 17.2 Å². The van der Waals surface area contributed by atoms with E-state index in [1.54, 1.807) is 74.5 Å². The first-order valence-corrected chi connectivity index (χ1v) is 25.8. The van der Waals surface area contributed by atoms with Crippen molar-refractivity contribution in [3.63, 3.8) is 0 Å². The second-order valence-corrected chi connectivity index (χ2v) is 19.7. The van der Waals surface area contributed by atoms with Gasteiger partial charge in [0.15, 0.2) is 17.0 Å². The summed E-state index contributed by atoms with van der Waals surface area (Å²) in [5.41, 5.74) is 1.13. The van der Waals surface area contributed by atoms with E-state index in [1.807, 2.05) is 84.9 Å². The summed E-state index contributed by atoms with van der Waals surface area (Å²) in [6.07, 6.45) is 0.695. The van der Waals surface area contributed by atoms with Gasteiger partial charge in [-0.25, -0.2) is 24.3 Å². The number of phosphoric ester groups is 1. The molecule has 1 amide bonds. The van der Waals surface area contributed by atoms with Gasteiger partial charge >= 0.3 is 13.5 Å². The number of hydrogen-bond donors (Lipinski definition) is 2. The van der Waals surface area contributed by atoms with Gasteiger partial charge in [0, 0.05) is 23.7 Å². The van der Waals surface area contributed by atoms with Gasteiger partial charge in [-0.15, -0.1) is 0 Å². The van der Waals surface area contributed by atoms with Crippen LogP contribution >= 0.6 is 19.4 Å². The average molecular weight is 1060 g/mol. The van der Waals surface area contributed by atoms with Crippen LogP contribution < -0.4 is 30.6 Å². The lowest BCUT2D eigenvalue weighted by Crippen LogP contribution is -2.38. The van der Waals surface area contributed by atoms with Crippen LogP contribution in [0.2, 0.25) is 5.02 Å². The molecule has 2 aliphatic heterocycles. The number of nitrogens with one attached hydrogen (secondary N) is 2. The van der Waals surface area contributed by atoms with Gasteiger partial charge < -0.3 is 33.5 Å². The minimum absolute atomic E-state index is 0.0188. The third kappa shape index (κ3) is 10.9. The Labute approximate surface area is 434 Å². The molecule has 0 bridgehead atoms. The maximum absolute atomic E-state index is 15.4. The highest BCUT2D eigenvalue weighted by Gasteiger charge is 2.47. The van der Waals surface area contributed by atoms with Crippen LogP contribution in [0.1, 0.15) is 64.3 Å². The molecule has 386 valence electrons. The number of carbonyl (C=O) groups is 1. The van der Waals surface area contributed by atoms with E-state index in [-0.39, 0.29) is 47.7 Å². The first-order chi connectivity index (χ1) is 36.4. The zero-order chi connectivity index (χ0) is 52.1. The van der Waals surface area contributed by atoms with Crippen LogP contribution in [-0.4, -0.2) is 80.7 Å². The lowest BCUT2D eigenvalue weighted by molar-refractivity contribution is -0.0944. The van der Waals surface area contributed by atoms with Gasteiger partial charge in [0.05, 0.1) is 44.9 Å². The second kappa shape index (κ2) is 22.2. The standard InChI is InChI=1S/C54H51ClN7O12P/c1-34-29-61(53(65)60-51(34)63)47-28-44(45(72-47)31-69-54(36-14-8-5-9-15-36,37-18-22-39(67-2)23-19-37)38-20-24-40(68-3)25-21-38)74-75(66,73-43-17-11-10-16-42(43)55)70-30-41-26-27-46(71-41)62-33-58-48-49(56-32-57-50(48)62)59-52(64)35-12-6-4-7-13-35/h4-25,29,32-33,41,44-47H,26-28,30-31H2,1-3H3,(H,60,63,65)(H,56,57,59,64)/t41-,44+,45-,46-,47-,75?/m1/s1. The Kier molecular flexibility index (Phi) is 15.1. The van der Waals surface area contributed by atoms with Crippen LogP contribution in [0.4, 0.5) is 5.82 Å². The summed E-state index contributed by atoms with van der Waals surface area (Å²) >= 11 is 6.61. The van der Waals surface area contributed by atoms with E-state index in [9.17, 15) is 14.4 Å². The Morgan fingerprint density at radius 2 is 1.44 bits per heavy atom. The highest BCUT2D eigenvalue weighted by Crippen LogP contribution is 2.55. The van der Waals surface area contributed by atoms with E-state index in [0.717, 1.165) is 16.7 Å². The molecule has 19 nitrogen and oxygen atoms in total. The summed E-state index contributed by atoms with van der Waals surface area (Å²) in [5, 5.41) is 2.96. The molecule has 21 heteroatoms. The van der Waals surface area contributed by atoms with E-state index in [0.29, 0.717) is 41.1 Å². The molecule has 10 rings (SSSR count). The maximum atomic E-state index is 15.4. The predicted molar refractivity (Wildman–Crippen MR) is 276 cm³/mol. The number of imidazole rings is 1. The van der Waals surface area contributed by atoms with Gasteiger partial charge in [0.25, 0.3) is 11.5 Å². The number of anilines is 1. The van der Waals surface area contributed by atoms with Gasteiger partial charge in [-0.2, -0.15) is 0 Å². The van der Waals surface area contributed by atoms with Crippen molar-refractivity contribution in [2.45, 2.75) is 62.6 Å². The van der Waals surface area contributed by atoms with Crippen molar-refractivity contribution in [2.75, 3.05) is 32.8 Å². The summed E-state index contributed by atoms with van der Waals surface area (Å²) in [6.45, 7) is 1.09. The molecular weight excluding hydrogens is 1010 g/mol. The zero-order valence-corrected chi connectivity index (χ0v) is 42.5. The van der Waals surface area contributed by atoms with Crippen LogP contribution in [0.15, 0.2) is 162 Å². The Morgan fingerprint density at radius 1 is 0.787 bits per heavy atom. The van der Waals surface area contributed by atoms with Crippen LogP contribution in [0, 0.1) is 6.92 Å². The number of fused-ring (bicyclic) bond motifs is 1. The number of aryl methyl sites for hydroxylation is 1. The number of aromatic amines is 1. The molecule has 3 aromatic heterocycles. The van der Waals surface area contributed by atoms with Crippen molar-refractivity contribution < 1.29 is 46.6 Å². The Morgan fingerprint density at radius 3 is 2.12 bits per heavy atom. The van der Waals surface area contributed by atoms with E-state index < -0.39 is 55.4 Å². The van der Waals surface area contributed by atoms with E-state index in [1.165, 1.54) is 23.2 Å². The highest BCUT2D eigenvalue weighted by atomic mass is 35.5. The van der Waals surface area contributed by atoms with Gasteiger partial charge in [-0.05, 0) is 85.0 Å². The molecule has 2 fully saturated rings. The average Bonchev–Trinajstić information content (AvgIpc) is 4.20. The number of aromatic nitrogens is 6. The number of nitrogens with zero attached hydrogens (tertiary/aromatic N) is 5. The molecule has 2 aliphatic rings. The number of halogens is 1. The van der Waals surface area contributed by atoms with Crippen molar-refractivity contribution in [3.05, 3.63) is 206 Å². The molecule has 75 heavy (non-hydrogen) atoms. The van der Waals surface area contributed by atoms with Gasteiger partial charge in [0.2, 0.25) is 0 Å². The number of methoxy groups -OCH3 is 2. The fourth-order valence-electron chi connectivity index (χ4n) is 9.21. The second-order valence-electron chi connectivity index (χ2n) is 17.7. The lowest BCUT2D eigenvalue weighted by Gasteiger charge is -2.37. The van der Waals surface area contributed by atoms with Crippen LogP contribution in [0.25, 0.3) is 11.2 Å². The van der Waals surface area contributed by atoms with Crippen molar-refractivity contribution in [1.29, 1.82) is 0 Å². The first-order valence-electron chi connectivity index (χ1n) is 24.0. The molecule has 0 spiro atoms.